The lowest BCUT2D eigenvalue weighted by atomic mass is 9.93. The third-order valence-electron chi connectivity index (χ3n) is 23.8. The first-order valence-electron chi connectivity index (χ1n) is 38.5. The van der Waals surface area contributed by atoms with Gasteiger partial charge in [0.1, 0.15) is 0 Å². The fraction of sp³-hybridized carbons (Fsp3) is 0. The molecule has 0 atom stereocenters. The molecule has 22 aromatic rings. The summed E-state index contributed by atoms with van der Waals surface area (Å²) in [6.45, 7) is 0. The van der Waals surface area contributed by atoms with E-state index < -0.39 is 0 Å². The molecule has 0 N–H and O–H groups in total. The normalized spacial score (nSPS) is 12.0. The molecule has 0 saturated heterocycles. The number of nitrogens with zero attached hydrogens (tertiary/aromatic N) is 3. The maximum Gasteiger partial charge on any atom is 0.0548 e. The summed E-state index contributed by atoms with van der Waals surface area (Å²) >= 11 is 0. The fourth-order valence-electron chi connectivity index (χ4n) is 19.1. The number of rotatable bonds is 7. The summed E-state index contributed by atoms with van der Waals surface area (Å²) in [6, 6.07) is 148. The summed E-state index contributed by atoms with van der Waals surface area (Å²) in [5, 5.41) is 16.0. The molecule has 111 heavy (non-hydrogen) atoms. The molecular formula is C108H67N3. The van der Waals surface area contributed by atoms with Crippen LogP contribution in [0.1, 0.15) is 0 Å². The molecule has 25 rings (SSSR count). The van der Waals surface area contributed by atoms with Crippen molar-refractivity contribution in [3.8, 4) is 128 Å². The standard InChI is InChI=1S/C40H25N.2C34H21N/c1-3-11-26(12-4-1)29-22-23-35(34(25-29)27-13-5-2-6-14-27)41-36-20-10-19-33-31-17-8-7-16-30(31)32-18-9-15-28-21-24-37(41)40(38(28)32)39(33)36;1-2-9-22(10-3-1)24-12-6-13-25(21-24)35-30-18-8-17-29-27-15-5-4-14-26(27)28-16-7-11-23-19-20-31(35)34(32(23)28)33(29)30;1-2-8-22(9-3-1)23-16-19-25(20-17-23)35-30-15-7-14-29-27-12-5-4-11-26(27)28-13-6-10-24-18-21-31(35)34(32(24)28)33(29)30/h1-25H;2*1-21H. The fourth-order valence-corrected chi connectivity index (χ4v) is 19.1. The van der Waals surface area contributed by atoms with Crippen LogP contribution in [0.4, 0.5) is 0 Å². The van der Waals surface area contributed by atoms with Gasteiger partial charge in [-0.05, 0) is 211 Å². The lowest BCUT2D eigenvalue weighted by Gasteiger charge is -2.17. The van der Waals surface area contributed by atoms with Crippen LogP contribution < -0.4 is 0 Å². The topological polar surface area (TPSA) is 14.8 Å². The Morgan fingerprint density at radius 2 is 0.405 bits per heavy atom. The molecule has 3 aliphatic rings. The van der Waals surface area contributed by atoms with Gasteiger partial charge in [0, 0.05) is 49.3 Å². The Morgan fingerprint density at radius 1 is 0.126 bits per heavy atom. The average Bonchev–Trinajstić information content (AvgIpc) is 1.56. The zero-order valence-corrected chi connectivity index (χ0v) is 60.5. The molecule has 0 aliphatic heterocycles. The van der Waals surface area contributed by atoms with Crippen LogP contribution in [-0.4, -0.2) is 13.7 Å². The quantitative estimate of drug-likeness (QED) is 0.151. The maximum absolute atomic E-state index is 2.50. The minimum atomic E-state index is 1.19. The van der Waals surface area contributed by atoms with Crippen molar-refractivity contribution in [3.63, 3.8) is 0 Å². The van der Waals surface area contributed by atoms with Crippen molar-refractivity contribution in [2.75, 3.05) is 0 Å². The Morgan fingerprint density at radius 3 is 0.820 bits per heavy atom. The largest absolute Gasteiger partial charge is 0.309 e. The molecule has 0 spiro atoms. The highest BCUT2D eigenvalue weighted by Crippen LogP contribution is 2.54. The summed E-state index contributed by atoms with van der Waals surface area (Å²) in [5.74, 6) is 0. The van der Waals surface area contributed by atoms with E-state index in [2.05, 4.69) is 420 Å². The molecule has 3 heteroatoms. The van der Waals surface area contributed by atoms with Crippen LogP contribution in [0.3, 0.4) is 0 Å². The van der Waals surface area contributed by atoms with E-state index in [1.807, 2.05) is 0 Å². The van der Waals surface area contributed by atoms with E-state index in [0.717, 1.165) is 0 Å². The summed E-state index contributed by atoms with van der Waals surface area (Å²) in [5.41, 5.74) is 36.6. The van der Waals surface area contributed by atoms with Crippen LogP contribution in [0, 0.1) is 0 Å². The molecule has 3 heterocycles. The molecule has 0 bridgehead atoms. The van der Waals surface area contributed by atoms with Gasteiger partial charge < -0.3 is 13.7 Å². The van der Waals surface area contributed by atoms with Gasteiger partial charge in [0.2, 0.25) is 0 Å². The van der Waals surface area contributed by atoms with Crippen LogP contribution >= 0.6 is 0 Å². The second-order valence-corrected chi connectivity index (χ2v) is 29.6. The Kier molecular flexibility index (Phi) is 14.1. The minimum Gasteiger partial charge on any atom is -0.309 e. The van der Waals surface area contributed by atoms with Crippen molar-refractivity contribution in [1.29, 1.82) is 0 Å². The highest BCUT2D eigenvalue weighted by Gasteiger charge is 2.29. The van der Waals surface area contributed by atoms with Crippen molar-refractivity contribution in [2.24, 2.45) is 0 Å². The van der Waals surface area contributed by atoms with E-state index in [4.69, 9.17) is 0 Å². The third kappa shape index (κ3) is 9.59. The van der Waals surface area contributed by atoms with E-state index >= 15 is 0 Å². The van der Waals surface area contributed by atoms with Gasteiger partial charge in [-0.3, -0.25) is 0 Å². The smallest absolute Gasteiger partial charge is 0.0548 e. The number of aromatic nitrogens is 3. The van der Waals surface area contributed by atoms with Crippen molar-refractivity contribution in [2.45, 2.75) is 0 Å². The first kappa shape index (κ1) is 62.5. The van der Waals surface area contributed by atoms with Crippen molar-refractivity contribution in [3.05, 3.63) is 406 Å². The molecule has 0 fully saturated rings. The third-order valence-corrected chi connectivity index (χ3v) is 23.8. The highest BCUT2D eigenvalue weighted by molar-refractivity contribution is 6.33. The van der Waals surface area contributed by atoms with Crippen molar-refractivity contribution in [1.82, 2.24) is 13.7 Å². The number of benzene rings is 19. The second-order valence-electron chi connectivity index (χ2n) is 29.6. The number of hydrogen-bond acceptors (Lipinski definition) is 0. The van der Waals surface area contributed by atoms with Gasteiger partial charge >= 0.3 is 0 Å². The molecule has 3 aliphatic carbocycles. The van der Waals surface area contributed by atoms with Crippen LogP contribution in [0.25, 0.3) is 226 Å². The Labute approximate surface area is 642 Å². The first-order valence-corrected chi connectivity index (χ1v) is 38.5. The molecule has 0 unspecified atom stereocenters. The van der Waals surface area contributed by atoms with Crippen LogP contribution in [0.5, 0.6) is 0 Å². The van der Waals surface area contributed by atoms with Gasteiger partial charge in [0.05, 0.1) is 38.8 Å². The van der Waals surface area contributed by atoms with E-state index in [0.29, 0.717) is 0 Å². The molecule has 0 radical (unpaired) electrons. The number of fused-ring (bicyclic) bond motifs is 9. The van der Waals surface area contributed by atoms with Crippen molar-refractivity contribution < 1.29 is 0 Å². The summed E-state index contributed by atoms with van der Waals surface area (Å²) in [4.78, 5) is 0. The Bertz CT molecular complexity index is 7590. The van der Waals surface area contributed by atoms with E-state index in [-0.39, 0.29) is 0 Å². The summed E-state index contributed by atoms with van der Waals surface area (Å²) in [7, 11) is 0. The lowest BCUT2D eigenvalue weighted by Crippen LogP contribution is -1.98. The summed E-state index contributed by atoms with van der Waals surface area (Å²) in [6.07, 6.45) is 0. The molecular weight excluding hydrogens is 1340 g/mol. The van der Waals surface area contributed by atoms with Gasteiger partial charge in [0.25, 0.3) is 0 Å². The summed E-state index contributed by atoms with van der Waals surface area (Å²) < 4.78 is 7.38. The zero-order valence-electron chi connectivity index (χ0n) is 60.5. The van der Waals surface area contributed by atoms with Crippen LogP contribution in [0.15, 0.2) is 406 Å². The lowest BCUT2D eigenvalue weighted by molar-refractivity contribution is 1.18. The molecule has 3 nitrogen and oxygen atoms in total. The SMILES string of the molecule is c1ccc(-c2ccc(-n3c4cccc5c4c4c6c(cccc6ccc43)-c3ccccc3-5)c(-c3ccccc3)c2)cc1.c1ccc(-c2ccc(-n3c4cccc5c4c4c6c(cccc6ccc43)-c3ccccc3-5)cc2)cc1.c1ccc(-c2cccc(-n3c4cccc5c4c4c6c(cccc6ccc43)-c3ccccc3-5)c2)cc1. The van der Waals surface area contributed by atoms with Crippen LogP contribution in [-0.2, 0) is 0 Å². The maximum atomic E-state index is 2.50. The van der Waals surface area contributed by atoms with Crippen molar-refractivity contribution >= 4 is 97.7 Å². The predicted molar refractivity (Wildman–Crippen MR) is 470 cm³/mol. The minimum absolute atomic E-state index is 1.19. The Balaban J connectivity index is 0.000000100. The molecule has 3 aromatic heterocycles. The van der Waals surface area contributed by atoms with E-state index in [1.54, 1.807) is 0 Å². The van der Waals surface area contributed by atoms with E-state index in [1.165, 1.54) is 226 Å². The Hall–Kier alpha value is -14.6. The van der Waals surface area contributed by atoms with Gasteiger partial charge in [-0.25, -0.2) is 0 Å². The van der Waals surface area contributed by atoms with Gasteiger partial charge in [0.15, 0.2) is 0 Å². The van der Waals surface area contributed by atoms with Gasteiger partial charge in [-0.15, -0.1) is 0 Å². The molecule has 0 saturated carbocycles. The predicted octanol–water partition coefficient (Wildman–Crippen LogP) is 29.4. The first-order chi connectivity index (χ1) is 55.1. The highest BCUT2D eigenvalue weighted by atomic mass is 15.0. The van der Waals surface area contributed by atoms with Crippen LogP contribution in [0.2, 0.25) is 0 Å². The monoisotopic (exact) mass is 1410 g/mol. The number of hydrogen-bond donors (Lipinski definition) is 0. The van der Waals surface area contributed by atoms with Gasteiger partial charge in [-0.1, -0.05) is 334 Å². The molecule has 19 aromatic carbocycles. The average molecular weight is 1410 g/mol. The van der Waals surface area contributed by atoms with Gasteiger partial charge in [-0.2, -0.15) is 0 Å². The second kappa shape index (κ2) is 25.0. The zero-order chi connectivity index (χ0) is 72.8. The molecule has 0 amide bonds. The van der Waals surface area contributed by atoms with E-state index in [9.17, 15) is 0 Å². The molecule has 514 valence electrons.